The van der Waals surface area contributed by atoms with Gasteiger partial charge in [-0.1, -0.05) is 12.1 Å². The molecule has 1 heterocycles. The van der Waals surface area contributed by atoms with Gasteiger partial charge in [0, 0.05) is 11.1 Å². The number of ketones is 1. The number of nitrogen functional groups attached to an aromatic ring is 1. The summed E-state index contributed by atoms with van der Waals surface area (Å²) in [7, 11) is 1.53. The zero-order chi connectivity index (χ0) is 16.8. The van der Waals surface area contributed by atoms with Gasteiger partial charge < -0.3 is 10.5 Å². The van der Waals surface area contributed by atoms with Crippen LogP contribution in [0.25, 0.3) is 22.5 Å². The Morgan fingerprint density at radius 3 is 2.42 bits per heavy atom. The number of halogens is 1. The molecular weight excluding hydrogens is 309 g/mol. The van der Waals surface area contributed by atoms with E-state index >= 15 is 0 Å². The molecule has 0 saturated heterocycles. The Bertz CT molecular complexity index is 984. The Morgan fingerprint density at radius 2 is 1.71 bits per heavy atom. The van der Waals surface area contributed by atoms with E-state index in [9.17, 15) is 9.18 Å². The third-order valence-electron chi connectivity index (χ3n) is 4.00. The fraction of sp³-hybridized carbons (Fsp3) is 0.0556. The number of rotatable bonds is 2. The Morgan fingerprint density at radius 1 is 1.00 bits per heavy atom. The highest BCUT2D eigenvalue weighted by Gasteiger charge is 2.34. The number of carbonyl (C=O) groups excluding carboxylic acids is 1. The van der Waals surface area contributed by atoms with Gasteiger partial charge in [0.1, 0.15) is 11.6 Å². The third kappa shape index (κ3) is 1.96. The summed E-state index contributed by atoms with van der Waals surface area (Å²) in [6.07, 6.45) is 0. The molecule has 0 fully saturated rings. The summed E-state index contributed by atoms with van der Waals surface area (Å²) in [5, 5.41) is 0. The third-order valence-corrected chi connectivity index (χ3v) is 4.00. The molecule has 118 valence electrons. The fourth-order valence-corrected chi connectivity index (χ4v) is 2.96. The standard InChI is InChI=1S/C18H12FN3O2/c1-24-12-4-2-3-11-13(12)16-14(17(11)23)15(21-18(20)22-16)9-5-7-10(19)8-6-9/h2-8H,1H3,(H2,20,21,22). The number of fused-ring (bicyclic) bond motifs is 3. The van der Waals surface area contributed by atoms with Crippen LogP contribution in [0.4, 0.5) is 10.3 Å². The number of anilines is 1. The first kappa shape index (κ1) is 14.3. The molecule has 0 saturated carbocycles. The van der Waals surface area contributed by atoms with Crippen LogP contribution in [0.1, 0.15) is 15.9 Å². The summed E-state index contributed by atoms with van der Waals surface area (Å²) < 4.78 is 18.6. The van der Waals surface area contributed by atoms with Crippen molar-refractivity contribution in [1.82, 2.24) is 9.97 Å². The zero-order valence-corrected chi connectivity index (χ0v) is 12.7. The fourth-order valence-electron chi connectivity index (χ4n) is 2.96. The smallest absolute Gasteiger partial charge is 0.221 e. The highest BCUT2D eigenvalue weighted by Crippen LogP contribution is 2.44. The van der Waals surface area contributed by atoms with Gasteiger partial charge in [0.25, 0.3) is 0 Å². The second kappa shape index (κ2) is 5.13. The van der Waals surface area contributed by atoms with Crippen molar-refractivity contribution in [3.05, 3.63) is 59.4 Å². The monoisotopic (exact) mass is 321 g/mol. The molecule has 24 heavy (non-hydrogen) atoms. The average Bonchev–Trinajstić information content (AvgIpc) is 2.88. The van der Waals surface area contributed by atoms with Gasteiger partial charge in [0.15, 0.2) is 5.78 Å². The highest BCUT2D eigenvalue weighted by molar-refractivity contribution is 6.24. The van der Waals surface area contributed by atoms with Gasteiger partial charge in [-0.2, -0.15) is 0 Å². The van der Waals surface area contributed by atoms with Crippen LogP contribution < -0.4 is 10.5 Å². The van der Waals surface area contributed by atoms with Crippen molar-refractivity contribution in [2.45, 2.75) is 0 Å². The van der Waals surface area contributed by atoms with Gasteiger partial charge in [0.2, 0.25) is 5.95 Å². The van der Waals surface area contributed by atoms with Crippen LogP contribution in [0.15, 0.2) is 42.5 Å². The molecule has 0 unspecified atom stereocenters. The normalized spacial score (nSPS) is 12.0. The van der Waals surface area contributed by atoms with Crippen molar-refractivity contribution in [3.63, 3.8) is 0 Å². The quantitative estimate of drug-likeness (QED) is 0.614. The maximum atomic E-state index is 13.2. The van der Waals surface area contributed by atoms with Gasteiger partial charge in [-0.05, 0) is 30.3 Å². The molecule has 1 aliphatic rings. The van der Waals surface area contributed by atoms with E-state index in [0.29, 0.717) is 39.4 Å². The first-order valence-electron chi connectivity index (χ1n) is 7.25. The van der Waals surface area contributed by atoms with Gasteiger partial charge in [0.05, 0.1) is 29.6 Å². The van der Waals surface area contributed by atoms with E-state index < -0.39 is 0 Å². The molecule has 1 aliphatic carbocycles. The number of hydrogen-bond acceptors (Lipinski definition) is 5. The molecule has 0 radical (unpaired) electrons. The number of aromatic nitrogens is 2. The van der Waals surface area contributed by atoms with Crippen molar-refractivity contribution >= 4 is 11.7 Å². The lowest BCUT2D eigenvalue weighted by Crippen LogP contribution is -2.05. The van der Waals surface area contributed by atoms with E-state index in [2.05, 4.69) is 9.97 Å². The molecular formula is C18H12FN3O2. The van der Waals surface area contributed by atoms with Crippen LogP contribution in [-0.2, 0) is 0 Å². The maximum absolute atomic E-state index is 13.2. The first-order chi connectivity index (χ1) is 11.6. The van der Waals surface area contributed by atoms with E-state index in [0.717, 1.165) is 0 Å². The topological polar surface area (TPSA) is 78.1 Å². The second-order valence-electron chi connectivity index (χ2n) is 5.37. The number of ether oxygens (including phenoxy) is 1. The number of carbonyl (C=O) groups is 1. The first-order valence-corrected chi connectivity index (χ1v) is 7.25. The van der Waals surface area contributed by atoms with Crippen molar-refractivity contribution in [3.8, 4) is 28.3 Å². The molecule has 2 aromatic carbocycles. The summed E-state index contributed by atoms with van der Waals surface area (Å²) in [5.74, 6) is 0.0225. The minimum absolute atomic E-state index is 0.0413. The summed E-state index contributed by atoms with van der Waals surface area (Å²) in [4.78, 5) is 21.3. The minimum Gasteiger partial charge on any atom is -0.496 e. The molecule has 4 rings (SSSR count). The van der Waals surface area contributed by atoms with Crippen LogP contribution in [0.5, 0.6) is 5.75 Å². The summed E-state index contributed by atoms with van der Waals surface area (Å²) in [5.41, 5.74) is 8.74. The average molecular weight is 321 g/mol. The van der Waals surface area contributed by atoms with Crippen LogP contribution in [0, 0.1) is 5.82 Å². The SMILES string of the molecule is COc1cccc2c1-c1nc(N)nc(-c3ccc(F)cc3)c1C2=O. The van der Waals surface area contributed by atoms with E-state index in [1.165, 1.54) is 19.2 Å². The molecule has 5 nitrogen and oxygen atoms in total. The minimum atomic E-state index is -0.367. The Kier molecular flexibility index (Phi) is 3.06. The molecule has 6 heteroatoms. The highest BCUT2D eigenvalue weighted by atomic mass is 19.1. The number of hydrogen-bond donors (Lipinski definition) is 1. The summed E-state index contributed by atoms with van der Waals surface area (Å²) >= 11 is 0. The van der Waals surface area contributed by atoms with E-state index in [1.807, 2.05) is 0 Å². The molecule has 0 aliphatic heterocycles. The Hall–Kier alpha value is -3.28. The number of nitrogens with zero attached hydrogens (tertiary/aromatic N) is 2. The largest absolute Gasteiger partial charge is 0.496 e. The predicted molar refractivity (Wildman–Crippen MR) is 87.3 cm³/mol. The van der Waals surface area contributed by atoms with E-state index in [1.54, 1.807) is 30.3 Å². The molecule has 0 bridgehead atoms. The van der Waals surface area contributed by atoms with Gasteiger partial charge in [-0.3, -0.25) is 4.79 Å². The van der Waals surface area contributed by atoms with Gasteiger partial charge in [-0.25, -0.2) is 14.4 Å². The Balaban J connectivity index is 2.04. The number of nitrogens with two attached hydrogens (primary N) is 1. The Labute approximate surface area is 136 Å². The lowest BCUT2D eigenvalue weighted by atomic mass is 10.0. The number of methoxy groups -OCH3 is 1. The second-order valence-corrected chi connectivity index (χ2v) is 5.37. The molecule has 0 amide bonds. The van der Waals surface area contributed by atoms with Crippen molar-refractivity contribution in [2.24, 2.45) is 0 Å². The van der Waals surface area contributed by atoms with Crippen LogP contribution >= 0.6 is 0 Å². The molecule has 2 N–H and O–H groups in total. The van der Waals surface area contributed by atoms with Gasteiger partial charge >= 0.3 is 0 Å². The lowest BCUT2D eigenvalue weighted by Gasteiger charge is -2.09. The zero-order valence-electron chi connectivity index (χ0n) is 12.7. The lowest BCUT2D eigenvalue weighted by molar-refractivity contribution is 0.104. The van der Waals surface area contributed by atoms with Crippen LogP contribution in [0.2, 0.25) is 0 Å². The van der Waals surface area contributed by atoms with Crippen molar-refractivity contribution in [2.75, 3.05) is 12.8 Å². The molecule has 1 aromatic heterocycles. The van der Waals surface area contributed by atoms with Crippen molar-refractivity contribution < 1.29 is 13.9 Å². The molecule has 0 spiro atoms. The molecule has 3 aromatic rings. The summed E-state index contributed by atoms with van der Waals surface area (Å²) in [6, 6.07) is 11.0. The maximum Gasteiger partial charge on any atom is 0.221 e. The van der Waals surface area contributed by atoms with E-state index in [-0.39, 0.29) is 17.5 Å². The predicted octanol–water partition coefficient (Wildman–Crippen LogP) is 3.08. The van der Waals surface area contributed by atoms with Crippen LogP contribution in [-0.4, -0.2) is 22.9 Å². The van der Waals surface area contributed by atoms with Gasteiger partial charge in [-0.15, -0.1) is 0 Å². The van der Waals surface area contributed by atoms with Crippen LogP contribution in [0.3, 0.4) is 0 Å². The number of benzene rings is 2. The van der Waals surface area contributed by atoms with Crippen molar-refractivity contribution in [1.29, 1.82) is 0 Å². The van der Waals surface area contributed by atoms with E-state index in [4.69, 9.17) is 10.5 Å². The summed E-state index contributed by atoms with van der Waals surface area (Å²) in [6.45, 7) is 0. The molecule has 0 atom stereocenters.